The fraction of sp³-hybridized carbons (Fsp3) is 0.375. The number of carbonyl (C=O) groups excluding carboxylic acids is 3. The lowest BCUT2D eigenvalue weighted by atomic mass is 10.0. The number of Topliss-reactive ketones (excluding diaryl/α,β-unsaturated/α-hetero) is 1. The average Bonchev–Trinajstić information content (AvgIpc) is 3.51. The molecule has 3 heterocycles. The monoisotopic (exact) mass is 456 g/mol. The summed E-state index contributed by atoms with van der Waals surface area (Å²) in [5.74, 6) is -1.55. The number of hydrogen-bond donors (Lipinski definition) is 1. The number of aromatic nitrogens is 1. The highest BCUT2D eigenvalue weighted by Gasteiger charge is 2.28. The Kier molecular flexibility index (Phi) is 7.69. The van der Waals surface area contributed by atoms with Crippen LogP contribution >= 0.6 is 11.3 Å². The van der Waals surface area contributed by atoms with Crippen molar-refractivity contribution >= 4 is 29.0 Å². The van der Waals surface area contributed by atoms with E-state index in [9.17, 15) is 14.4 Å². The number of esters is 1. The quantitative estimate of drug-likeness (QED) is 0.365. The lowest BCUT2D eigenvalue weighted by Crippen LogP contribution is -2.45. The third kappa shape index (κ3) is 5.56. The topological polar surface area (TPSA) is 90.5 Å². The fourth-order valence-corrected chi connectivity index (χ4v) is 4.22. The molecule has 3 aromatic heterocycles. The molecule has 0 aliphatic heterocycles. The molecule has 32 heavy (non-hydrogen) atoms. The summed E-state index contributed by atoms with van der Waals surface area (Å²) < 4.78 is 12.4. The van der Waals surface area contributed by atoms with E-state index in [-0.39, 0.29) is 24.1 Å². The van der Waals surface area contributed by atoms with E-state index in [1.54, 1.807) is 31.3 Å². The number of nitrogens with one attached hydrogen (secondary N) is 1. The van der Waals surface area contributed by atoms with Gasteiger partial charge in [-0.1, -0.05) is 19.9 Å². The summed E-state index contributed by atoms with van der Waals surface area (Å²) in [6.45, 7) is 7.84. The van der Waals surface area contributed by atoms with Crippen LogP contribution in [0.1, 0.15) is 51.0 Å². The Labute approximate surface area is 191 Å². The van der Waals surface area contributed by atoms with Gasteiger partial charge in [-0.15, -0.1) is 11.3 Å². The molecule has 3 rings (SSSR count). The van der Waals surface area contributed by atoms with Crippen LogP contribution in [-0.4, -0.2) is 34.9 Å². The summed E-state index contributed by atoms with van der Waals surface area (Å²) in [4.78, 5) is 38.9. The number of ether oxygens (including phenoxy) is 1. The van der Waals surface area contributed by atoms with Crippen molar-refractivity contribution in [1.82, 2.24) is 9.88 Å². The molecule has 1 atom stereocenters. The molecule has 0 aliphatic carbocycles. The minimum atomic E-state index is -0.890. The van der Waals surface area contributed by atoms with Crippen molar-refractivity contribution in [3.63, 3.8) is 0 Å². The Hall–Kier alpha value is -3.13. The molecular formula is C24H28N2O5S. The molecule has 3 aromatic rings. The molecule has 1 amide bonds. The Morgan fingerprint density at radius 3 is 2.59 bits per heavy atom. The van der Waals surface area contributed by atoms with E-state index in [0.29, 0.717) is 5.56 Å². The first-order chi connectivity index (χ1) is 15.3. The first kappa shape index (κ1) is 23.5. The van der Waals surface area contributed by atoms with Gasteiger partial charge in [-0.3, -0.25) is 9.59 Å². The van der Waals surface area contributed by atoms with Crippen LogP contribution in [0, 0.1) is 19.8 Å². The fourth-order valence-electron chi connectivity index (χ4n) is 3.53. The largest absolute Gasteiger partial charge is 0.459 e. The summed E-state index contributed by atoms with van der Waals surface area (Å²) in [7, 11) is 0. The van der Waals surface area contributed by atoms with Gasteiger partial charge in [0.25, 0.3) is 5.91 Å². The van der Waals surface area contributed by atoms with Gasteiger partial charge in [0, 0.05) is 28.4 Å². The Bertz CT molecular complexity index is 1060. The van der Waals surface area contributed by atoms with E-state index in [1.165, 1.54) is 17.2 Å². The molecule has 8 heteroatoms. The van der Waals surface area contributed by atoms with Gasteiger partial charge in [0.1, 0.15) is 6.04 Å². The van der Waals surface area contributed by atoms with Crippen LogP contribution in [0.4, 0.5) is 0 Å². The van der Waals surface area contributed by atoms with Crippen molar-refractivity contribution < 1.29 is 23.5 Å². The molecule has 7 nitrogen and oxygen atoms in total. The average molecular weight is 457 g/mol. The smallest absolute Gasteiger partial charge is 0.329 e. The summed E-state index contributed by atoms with van der Waals surface area (Å²) in [5.41, 5.74) is 2.38. The summed E-state index contributed by atoms with van der Waals surface area (Å²) in [6, 6.07) is 8.17. The van der Waals surface area contributed by atoms with E-state index in [1.807, 2.05) is 26.0 Å². The Morgan fingerprint density at radius 2 is 1.97 bits per heavy atom. The predicted molar refractivity (Wildman–Crippen MR) is 122 cm³/mol. The number of nitrogens with zero attached hydrogens (tertiary/aromatic N) is 1. The van der Waals surface area contributed by atoms with Gasteiger partial charge in [-0.2, -0.15) is 0 Å². The molecule has 0 aliphatic rings. The van der Waals surface area contributed by atoms with Crippen molar-refractivity contribution in [2.75, 3.05) is 6.61 Å². The van der Waals surface area contributed by atoms with Gasteiger partial charge in [-0.25, -0.2) is 4.79 Å². The molecule has 0 aromatic carbocycles. The van der Waals surface area contributed by atoms with E-state index >= 15 is 0 Å². The van der Waals surface area contributed by atoms with Gasteiger partial charge in [0.15, 0.2) is 12.4 Å². The third-order valence-electron chi connectivity index (χ3n) is 5.33. The van der Waals surface area contributed by atoms with Crippen LogP contribution in [0.25, 0.3) is 0 Å². The number of ketones is 1. The summed E-state index contributed by atoms with van der Waals surface area (Å²) in [6.07, 6.45) is 2.27. The first-order valence-electron chi connectivity index (χ1n) is 10.5. The lowest BCUT2D eigenvalue weighted by Gasteiger charge is -2.20. The molecular weight excluding hydrogens is 428 g/mol. The molecule has 0 saturated heterocycles. The third-order valence-corrected chi connectivity index (χ3v) is 6.27. The second-order valence-corrected chi connectivity index (χ2v) is 9.00. The van der Waals surface area contributed by atoms with Crippen LogP contribution < -0.4 is 5.32 Å². The van der Waals surface area contributed by atoms with E-state index in [4.69, 9.17) is 9.15 Å². The Balaban J connectivity index is 1.60. The van der Waals surface area contributed by atoms with Crippen LogP contribution in [0.2, 0.25) is 0 Å². The number of rotatable bonds is 10. The van der Waals surface area contributed by atoms with Crippen molar-refractivity contribution in [1.29, 1.82) is 0 Å². The predicted octanol–water partition coefficient (Wildman–Crippen LogP) is 4.18. The minimum Gasteiger partial charge on any atom is -0.459 e. The zero-order valence-corrected chi connectivity index (χ0v) is 19.5. The van der Waals surface area contributed by atoms with Crippen LogP contribution in [0.5, 0.6) is 0 Å². The molecule has 0 radical (unpaired) electrons. The normalized spacial score (nSPS) is 12.0. The van der Waals surface area contributed by atoms with Gasteiger partial charge in [0.05, 0.1) is 6.26 Å². The van der Waals surface area contributed by atoms with E-state index < -0.39 is 17.9 Å². The van der Waals surface area contributed by atoms with Crippen molar-refractivity contribution in [3.8, 4) is 0 Å². The number of carbonyl (C=O) groups is 3. The molecule has 0 unspecified atom stereocenters. The molecule has 1 N–H and O–H groups in total. The van der Waals surface area contributed by atoms with Gasteiger partial charge in [0.2, 0.25) is 5.78 Å². The van der Waals surface area contributed by atoms with Crippen molar-refractivity contribution in [3.05, 3.63) is 69.6 Å². The standard InChI is InChI=1S/C24H28N2O5S/c1-15(2)22(25-23(28)21-8-5-11-30-21)24(29)31-14-20(27)19-13-16(3)26(17(19)4)10-9-18-7-6-12-32-18/h5-8,11-13,15,22H,9-10,14H2,1-4H3,(H,25,28)/t22-/m0/s1. The first-order valence-corrected chi connectivity index (χ1v) is 11.4. The number of aryl methyl sites for hydroxylation is 2. The number of furan rings is 1. The highest BCUT2D eigenvalue weighted by atomic mass is 32.1. The zero-order chi connectivity index (χ0) is 23.3. The van der Waals surface area contributed by atoms with Gasteiger partial charge < -0.3 is 19.0 Å². The van der Waals surface area contributed by atoms with Crippen molar-refractivity contribution in [2.24, 2.45) is 5.92 Å². The molecule has 0 saturated carbocycles. The highest BCUT2D eigenvalue weighted by molar-refractivity contribution is 7.09. The maximum Gasteiger partial charge on any atom is 0.329 e. The number of thiophene rings is 1. The number of hydrogen-bond acceptors (Lipinski definition) is 6. The zero-order valence-electron chi connectivity index (χ0n) is 18.7. The second-order valence-electron chi connectivity index (χ2n) is 7.97. The second kappa shape index (κ2) is 10.5. The molecule has 0 bridgehead atoms. The van der Waals surface area contributed by atoms with Gasteiger partial charge in [-0.05, 0) is 55.8 Å². The van der Waals surface area contributed by atoms with E-state index in [0.717, 1.165) is 24.4 Å². The van der Waals surface area contributed by atoms with E-state index in [2.05, 4.69) is 21.3 Å². The van der Waals surface area contributed by atoms with Crippen molar-refractivity contribution in [2.45, 2.75) is 46.7 Å². The van der Waals surface area contributed by atoms with Crippen LogP contribution in [-0.2, 0) is 22.5 Å². The maximum atomic E-state index is 12.8. The van der Waals surface area contributed by atoms with Crippen LogP contribution in [0.3, 0.4) is 0 Å². The van der Waals surface area contributed by atoms with Crippen LogP contribution in [0.15, 0.2) is 46.4 Å². The maximum absolute atomic E-state index is 12.8. The molecule has 0 fully saturated rings. The molecule has 170 valence electrons. The SMILES string of the molecule is Cc1cc(C(=O)COC(=O)[C@@H](NC(=O)c2ccco2)C(C)C)c(C)n1CCc1cccs1. The molecule has 0 spiro atoms. The summed E-state index contributed by atoms with van der Waals surface area (Å²) in [5, 5.41) is 4.67. The number of amides is 1. The highest BCUT2D eigenvalue weighted by Crippen LogP contribution is 2.18. The van der Waals surface area contributed by atoms with Gasteiger partial charge >= 0.3 is 5.97 Å². The minimum absolute atomic E-state index is 0.106. The lowest BCUT2D eigenvalue weighted by molar-refractivity contribution is -0.145. The Morgan fingerprint density at radius 1 is 1.19 bits per heavy atom. The summed E-state index contributed by atoms with van der Waals surface area (Å²) >= 11 is 1.71.